The van der Waals surface area contributed by atoms with Crippen LogP contribution in [-0.2, 0) is 13.5 Å². The van der Waals surface area contributed by atoms with Crippen LogP contribution in [0.2, 0.25) is 0 Å². The van der Waals surface area contributed by atoms with Crippen molar-refractivity contribution in [3.8, 4) is 0 Å². The lowest BCUT2D eigenvalue weighted by Crippen LogP contribution is -2.07. The summed E-state index contributed by atoms with van der Waals surface area (Å²) in [5, 5.41) is 9.87. The van der Waals surface area contributed by atoms with E-state index in [1.165, 1.54) is 0 Å². The van der Waals surface area contributed by atoms with Crippen LogP contribution in [-0.4, -0.2) is 21.9 Å². The molecule has 0 aliphatic carbocycles. The molecule has 4 heteroatoms. The molecule has 0 aliphatic heterocycles. The minimum atomic E-state index is -1.08. The van der Waals surface area contributed by atoms with Gasteiger partial charge in [0.05, 0.1) is 11.1 Å². The van der Waals surface area contributed by atoms with Crippen LogP contribution in [0.25, 0.3) is 10.9 Å². The van der Waals surface area contributed by atoms with Gasteiger partial charge in [0.15, 0.2) is 6.29 Å². The number of carbonyl (C=O) groups is 2. The Morgan fingerprint density at radius 2 is 2.18 bits per heavy atom. The molecule has 1 aromatic carbocycles. The average Bonchev–Trinajstić information content (AvgIpc) is 2.62. The van der Waals surface area contributed by atoms with E-state index in [1.54, 1.807) is 17.7 Å². The molecule has 0 spiro atoms. The Morgan fingerprint density at radius 1 is 1.47 bits per heavy atom. The van der Waals surface area contributed by atoms with Gasteiger partial charge in [-0.2, -0.15) is 0 Å². The maximum atomic E-state index is 11.2. The summed E-state index contributed by atoms with van der Waals surface area (Å²) in [5.41, 5.74) is 2.18. The number of para-hydroxylation sites is 1. The Kier molecular flexibility index (Phi) is 2.71. The molecule has 0 amide bonds. The van der Waals surface area contributed by atoms with E-state index in [-0.39, 0.29) is 11.3 Å². The third-order valence-electron chi connectivity index (χ3n) is 3.04. The van der Waals surface area contributed by atoms with E-state index >= 15 is 0 Å². The van der Waals surface area contributed by atoms with Gasteiger partial charge in [0.1, 0.15) is 5.69 Å². The normalized spacial score (nSPS) is 10.7. The van der Waals surface area contributed by atoms with Crippen molar-refractivity contribution in [1.29, 1.82) is 0 Å². The van der Waals surface area contributed by atoms with Crippen molar-refractivity contribution >= 4 is 23.2 Å². The third kappa shape index (κ3) is 1.53. The number of aromatic nitrogens is 1. The lowest BCUT2D eigenvalue weighted by Gasteiger charge is -2.04. The molecule has 88 valence electrons. The van der Waals surface area contributed by atoms with Crippen molar-refractivity contribution in [2.24, 2.45) is 7.05 Å². The van der Waals surface area contributed by atoms with Gasteiger partial charge in [0, 0.05) is 12.4 Å². The summed E-state index contributed by atoms with van der Waals surface area (Å²) >= 11 is 0. The number of carboxylic acid groups (broad SMARTS) is 1. The number of hydrogen-bond acceptors (Lipinski definition) is 2. The van der Waals surface area contributed by atoms with Crippen LogP contribution in [0.15, 0.2) is 18.2 Å². The Balaban J connectivity index is 2.98. The number of carboxylic acids is 1. The lowest BCUT2D eigenvalue weighted by molar-refractivity contribution is 0.0684. The summed E-state index contributed by atoms with van der Waals surface area (Å²) in [5.74, 6) is -1.08. The van der Waals surface area contributed by atoms with Crippen LogP contribution in [0.1, 0.15) is 33.3 Å². The minimum absolute atomic E-state index is 0.0518. The number of nitrogens with zero attached hydrogens (tertiary/aromatic N) is 1. The number of aldehydes is 1. The summed E-state index contributed by atoms with van der Waals surface area (Å²) in [4.78, 5) is 22.3. The van der Waals surface area contributed by atoms with E-state index in [4.69, 9.17) is 5.11 Å². The Hall–Kier alpha value is -2.10. The van der Waals surface area contributed by atoms with Gasteiger partial charge in [0.25, 0.3) is 0 Å². The van der Waals surface area contributed by atoms with Gasteiger partial charge in [-0.3, -0.25) is 4.79 Å². The van der Waals surface area contributed by atoms with E-state index < -0.39 is 5.97 Å². The molecular weight excluding hydrogens is 218 g/mol. The molecule has 17 heavy (non-hydrogen) atoms. The zero-order chi connectivity index (χ0) is 12.6. The highest BCUT2D eigenvalue weighted by molar-refractivity contribution is 6.08. The largest absolute Gasteiger partial charge is 0.477 e. The van der Waals surface area contributed by atoms with Gasteiger partial charge < -0.3 is 9.67 Å². The number of aromatic carboxylic acids is 1. The molecule has 2 aromatic rings. The fourth-order valence-corrected chi connectivity index (χ4v) is 2.29. The summed E-state index contributed by atoms with van der Waals surface area (Å²) in [7, 11) is 1.68. The quantitative estimate of drug-likeness (QED) is 0.824. The van der Waals surface area contributed by atoms with Crippen LogP contribution >= 0.6 is 0 Å². The number of benzene rings is 1. The van der Waals surface area contributed by atoms with E-state index in [0.29, 0.717) is 11.7 Å². The molecule has 1 heterocycles. The van der Waals surface area contributed by atoms with Crippen LogP contribution in [0.3, 0.4) is 0 Å². The van der Waals surface area contributed by atoms with E-state index in [2.05, 4.69) is 0 Å². The number of carbonyl (C=O) groups excluding carboxylic acids is 1. The van der Waals surface area contributed by atoms with Crippen LogP contribution < -0.4 is 0 Å². The maximum absolute atomic E-state index is 11.2. The van der Waals surface area contributed by atoms with Crippen molar-refractivity contribution in [1.82, 2.24) is 4.57 Å². The highest BCUT2D eigenvalue weighted by Gasteiger charge is 2.21. The highest BCUT2D eigenvalue weighted by Crippen LogP contribution is 2.27. The molecule has 0 aliphatic rings. The van der Waals surface area contributed by atoms with Gasteiger partial charge in [-0.1, -0.05) is 25.1 Å². The minimum Gasteiger partial charge on any atom is -0.477 e. The molecular formula is C13H13NO3. The topological polar surface area (TPSA) is 59.3 Å². The summed E-state index contributed by atoms with van der Waals surface area (Å²) in [6, 6.07) is 5.58. The van der Waals surface area contributed by atoms with Gasteiger partial charge in [-0.25, -0.2) is 4.79 Å². The van der Waals surface area contributed by atoms with Crippen molar-refractivity contribution < 1.29 is 14.7 Å². The first-order chi connectivity index (χ1) is 8.11. The van der Waals surface area contributed by atoms with Crippen LogP contribution in [0.4, 0.5) is 0 Å². The van der Waals surface area contributed by atoms with Crippen molar-refractivity contribution in [2.75, 3.05) is 0 Å². The molecule has 0 saturated heterocycles. The Labute approximate surface area is 98.5 Å². The zero-order valence-corrected chi connectivity index (χ0v) is 9.73. The van der Waals surface area contributed by atoms with E-state index in [1.807, 2.05) is 19.1 Å². The Bertz CT molecular complexity index is 611. The van der Waals surface area contributed by atoms with Gasteiger partial charge in [-0.15, -0.1) is 0 Å². The van der Waals surface area contributed by atoms with Crippen molar-refractivity contribution in [2.45, 2.75) is 13.3 Å². The molecule has 2 rings (SSSR count). The summed E-state index contributed by atoms with van der Waals surface area (Å²) in [6.07, 6.45) is 1.41. The second-order valence-electron chi connectivity index (χ2n) is 3.91. The SMILES string of the molecule is CCc1cccc2c(C=O)c(C(=O)O)n(C)c12. The number of fused-ring (bicyclic) bond motifs is 1. The predicted molar refractivity (Wildman–Crippen MR) is 64.6 cm³/mol. The number of aryl methyl sites for hydroxylation is 2. The summed E-state index contributed by atoms with van der Waals surface area (Å²) in [6.45, 7) is 2.00. The second-order valence-corrected chi connectivity index (χ2v) is 3.91. The monoisotopic (exact) mass is 231 g/mol. The third-order valence-corrected chi connectivity index (χ3v) is 3.04. The molecule has 0 radical (unpaired) electrons. The first-order valence-corrected chi connectivity index (χ1v) is 5.40. The predicted octanol–water partition coefficient (Wildman–Crippen LogP) is 2.25. The zero-order valence-electron chi connectivity index (χ0n) is 9.73. The first kappa shape index (κ1) is 11.4. The van der Waals surface area contributed by atoms with Gasteiger partial charge in [0.2, 0.25) is 0 Å². The maximum Gasteiger partial charge on any atom is 0.353 e. The second kappa shape index (κ2) is 4.05. The molecule has 1 aromatic heterocycles. The molecule has 0 atom stereocenters. The van der Waals surface area contributed by atoms with E-state index in [0.717, 1.165) is 17.5 Å². The molecule has 0 unspecified atom stereocenters. The summed E-state index contributed by atoms with van der Waals surface area (Å²) < 4.78 is 1.58. The number of hydrogen-bond donors (Lipinski definition) is 1. The van der Waals surface area contributed by atoms with Gasteiger partial charge >= 0.3 is 5.97 Å². The van der Waals surface area contributed by atoms with E-state index in [9.17, 15) is 9.59 Å². The lowest BCUT2D eigenvalue weighted by atomic mass is 10.1. The fraction of sp³-hybridized carbons (Fsp3) is 0.231. The standard InChI is InChI=1S/C13H13NO3/c1-3-8-5-4-6-9-10(7-15)12(13(16)17)14(2)11(8)9/h4-7H,3H2,1-2H3,(H,16,17). The molecule has 0 saturated carbocycles. The molecule has 1 N–H and O–H groups in total. The Morgan fingerprint density at radius 3 is 2.71 bits per heavy atom. The molecule has 0 bridgehead atoms. The van der Waals surface area contributed by atoms with Gasteiger partial charge in [-0.05, 0) is 12.0 Å². The van der Waals surface area contributed by atoms with Crippen molar-refractivity contribution in [3.05, 3.63) is 35.0 Å². The van der Waals surface area contributed by atoms with Crippen LogP contribution in [0, 0.1) is 0 Å². The molecule has 0 fully saturated rings. The first-order valence-electron chi connectivity index (χ1n) is 5.40. The highest BCUT2D eigenvalue weighted by atomic mass is 16.4. The van der Waals surface area contributed by atoms with Crippen LogP contribution in [0.5, 0.6) is 0 Å². The number of rotatable bonds is 3. The molecule has 4 nitrogen and oxygen atoms in total. The fourth-order valence-electron chi connectivity index (χ4n) is 2.29. The van der Waals surface area contributed by atoms with Crippen molar-refractivity contribution in [3.63, 3.8) is 0 Å². The average molecular weight is 231 g/mol. The smallest absolute Gasteiger partial charge is 0.353 e.